The molecule has 2 nitrogen and oxygen atoms in total. The summed E-state index contributed by atoms with van der Waals surface area (Å²) in [6.45, 7) is 12.3. The summed E-state index contributed by atoms with van der Waals surface area (Å²) < 4.78 is 2.39. The number of piperidine rings is 1. The predicted molar refractivity (Wildman–Crippen MR) is 94.3 cm³/mol. The molecule has 0 N–H and O–H groups in total. The van der Waals surface area contributed by atoms with Crippen LogP contribution in [0.1, 0.15) is 41.0 Å². The second kappa shape index (κ2) is 4.10. The van der Waals surface area contributed by atoms with Crippen LogP contribution in [0.25, 0.3) is 10.9 Å². The molecule has 2 fully saturated rings. The molecule has 0 radical (unpaired) electrons. The zero-order valence-electron chi connectivity index (χ0n) is 14.7. The summed E-state index contributed by atoms with van der Waals surface area (Å²) in [6.07, 6.45) is 1.31. The molecule has 1 saturated carbocycles. The van der Waals surface area contributed by atoms with E-state index in [4.69, 9.17) is 0 Å². The number of anilines is 1. The lowest BCUT2D eigenvalue weighted by molar-refractivity contribution is 0.147. The molecular weight excluding hydrogens is 268 g/mol. The molecule has 1 saturated heterocycles. The average molecular weight is 296 g/mol. The number of hydrogen-bond donors (Lipinski definition) is 0. The molecule has 2 aliphatic rings. The largest absolute Gasteiger partial charge is 0.349 e. The Morgan fingerprint density at radius 3 is 2.36 bits per heavy atom. The number of benzene rings is 1. The quantitative estimate of drug-likeness (QED) is 0.732. The third kappa shape index (κ3) is 1.42. The van der Waals surface area contributed by atoms with E-state index < -0.39 is 0 Å². The van der Waals surface area contributed by atoms with Gasteiger partial charge in [0.1, 0.15) is 5.82 Å². The standard InChI is InChI=1S/C20H28N2/c1-13-14(2)20(5)12-19(13,4)15(3)22(20)18-11-16-9-7-8-10-17(16)21(18)6/h7-11,13-15H,12H2,1-6H3/t13?,14?,15-,19?,20?/m0/s1. The Hall–Kier alpha value is -1.44. The van der Waals surface area contributed by atoms with E-state index in [0.717, 1.165) is 11.8 Å². The first-order chi connectivity index (χ1) is 10.3. The van der Waals surface area contributed by atoms with Crippen LogP contribution in [0.2, 0.25) is 0 Å². The first-order valence-electron chi connectivity index (χ1n) is 8.64. The van der Waals surface area contributed by atoms with E-state index in [1.807, 2.05) is 0 Å². The maximum absolute atomic E-state index is 2.73. The minimum Gasteiger partial charge on any atom is -0.349 e. The monoisotopic (exact) mass is 296 g/mol. The highest BCUT2D eigenvalue weighted by Gasteiger charge is 2.65. The van der Waals surface area contributed by atoms with Gasteiger partial charge in [0.2, 0.25) is 0 Å². The summed E-state index contributed by atoms with van der Waals surface area (Å²) >= 11 is 0. The highest BCUT2D eigenvalue weighted by molar-refractivity contribution is 5.85. The van der Waals surface area contributed by atoms with Gasteiger partial charge in [0, 0.05) is 29.5 Å². The molecule has 1 aliphatic carbocycles. The third-order valence-electron chi connectivity index (χ3n) is 7.58. The predicted octanol–water partition coefficient (Wildman–Crippen LogP) is 4.83. The zero-order chi connectivity index (χ0) is 15.9. The van der Waals surface area contributed by atoms with Crippen LogP contribution in [0, 0.1) is 17.3 Å². The smallest absolute Gasteiger partial charge is 0.110 e. The van der Waals surface area contributed by atoms with Gasteiger partial charge in [-0.2, -0.15) is 0 Å². The van der Waals surface area contributed by atoms with Crippen LogP contribution in [-0.2, 0) is 7.05 Å². The molecule has 2 aromatic rings. The summed E-state index contributed by atoms with van der Waals surface area (Å²) in [5, 5.41) is 1.35. The number of para-hydroxylation sites is 1. The molecule has 4 unspecified atom stereocenters. The molecule has 1 aromatic heterocycles. The van der Waals surface area contributed by atoms with Gasteiger partial charge in [-0.1, -0.05) is 39.0 Å². The lowest BCUT2D eigenvalue weighted by Crippen LogP contribution is -2.56. The molecule has 5 atom stereocenters. The van der Waals surface area contributed by atoms with Crippen LogP contribution < -0.4 is 4.90 Å². The number of rotatable bonds is 1. The highest BCUT2D eigenvalue weighted by atomic mass is 15.3. The molecule has 118 valence electrons. The Labute approximate surface area is 134 Å². The van der Waals surface area contributed by atoms with E-state index in [2.05, 4.69) is 81.5 Å². The number of aryl methyl sites for hydroxylation is 1. The maximum atomic E-state index is 2.73. The Kier molecular flexibility index (Phi) is 2.64. The minimum atomic E-state index is 0.274. The topological polar surface area (TPSA) is 8.17 Å². The summed E-state index contributed by atoms with van der Waals surface area (Å²) in [5.74, 6) is 2.91. The van der Waals surface area contributed by atoms with E-state index in [0.29, 0.717) is 11.5 Å². The van der Waals surface area contributed by atoms with Crippen molar-refractivity contribution in [2.45, 2.75) is 52.6 Å². The fraction of sp³-hybridized carbons (Fsp3) is 0.600. The van der Waals surface area contributed by atoms with Crippen LogP contribution in [0.4, 0.5) is 5.82 Å². The molecule has 0 spiro atoms. The molecule has 4 rings (SSSR count). The summed E-state index contributed by atoms with van der Waals surface area (Å²) in [6, 6.07) is 11.7. The van der Waals surface area contributed by atoms with Crippen LogP contribution >= 0.6 is 0 Å². The van der Waals surface area contributed by atoms with Gasteiger partial charge in [0.05, 0.1) is 0 Å². The van der Waals surface area contributed by atoms with Gasteiger partial charge in [-0.25, -0.2) is 0 Å². The van der Waals surface area contributed by atoms with Gasteiger partial charge >= 0.3 is 0 Å². The second-order valence-corrected chi connectivity index (χ2v) is 8.28. The van der Waals surface area contributed by atoms with Crippen LogP contribution in [0.15, 0.2) is 30.3 Å². The van der Waals surface area contributed by atoms with Crippen molar-refractivity contribution < 1.29 is 0 Å². The van der Waals surface area contributed by atoms with Crippen molar-refractivity contribution in [1.82, 2.24) is 4.57 Å². The van der Waals surface area contributed by atoms with Crippen molar-refractivity contribution in [1.29, 1.82) is 0 Å². The number of aromatic nitrogens is 1. The summed E-state index contributed by atoms with van der Waals surface area (Å²) in [4.78, 5) is 2.73. The van der Waals surface area contributed by atoms with Gasteiger partial charge < -0.3 is 9.47 Å². The van der Waals surface area contributed by atoms with Crippen molar-refractivity contribution in [3.05, 3.63) is 30.3 Å². The molecule has 1 aliphatic heterocycles. The molecular formula is C20H28N2. The van der Waals surface area contributed by atoms with Crippen LogP contribution in [0.5, 0.6) is 0 Å². The summed E-state index contributed by atoms with van der Waals surface area (Å²) in [5.41, 5.74) is 2.03. The number of hydrogen-bond acceptors (Lipinski definition) is 1. The normalized spacial score (nSPS) is 40.8. The first-order valence-corrected chi connectivity index (χ1v) is 8.64. The minimum absolute atomic E-state index is 0.274. The fourth-order valence-corrected chi connectivity index (χ4v) is 5.74. The van der Waals surface area contributed by atoms with E-state index in [9.17, 15) is 0 Å². The van der Waals surface area contributed by atoms with Crippen molar-refractivity contribution in [2.75, 3.05) is 4.90 Å². The first kappa shape index (κ1) is 14.2. The highest BCUT2D eigenvalue weighted by Crippen LogP contribution is 2.64. The van der Waals surface area contributed by atoms with Gasteiger partial charge in [-0.05, 0) is 49.7 Å². The van der Waals surface area contributed by atoms with Crippen LogP contribution in [0.3, 0.4) is 0 Å². The Morgan fingerprint density at radius 2 is 1.73 bits per heavy atom. The molecule has 22 heavy (non-hydrogen) atoms. The van der Waals surface area contributed by atoms with Crippen LogP contribution in [-0.4, -0.2) is 16.1 Å². The SMILES string of the molecule is CC1C(C)C2(C)CC1(C)[C@H](C)N2c1cc2ccccc2n1C. The fourth-order valence-electron chi connectivity index (χ4n) is 5.74. The van der Waals surface area contributed by atoms with Crippen molar-refractivity contribution in [3.63, 3.8) is 0 Å². The van der Waals surface area contributed by atoms with E-state index in [-0.39, 0.29) is 5.54 Å². The summed E-state index contributed by atoms with van der Waals surface area (Å²) in [7, 11) is 2.22. The zero-order valence-corrected chi connectivity index (χ0v) is 14.7. The van der Waals surface area contributed by atoms with E-state index in [1.54, 1.807) is 0 Å². The van der Waals surface area contributed by atoms with Crippen molar-refractivity contribution in [3.8, 4) is 0 Å². The Morgan fingerprint density at radius 1 is 1.05 bits per heavy atom. The second-order valence-electron chi connectivity index (χ2n) is 8.28. The van der Waals surface area contributed by atoms with Gasteiger partial charge in [0.15, 0.2) is 0 Å². The van der Waals surface area contributed by atoms with E-state index >= 15 is 0 Å². The van der Waals surface area contributed by atoms with Crippen molar-refractivity contribution >= 4 is 16.7 Å². The van der Waals surface area contributed by atoms with Crippen molar-refractivity contribution in [2.24, 2.45) is 24.3 Å². The molecule has 2 bridgehead atoms. The Bertz CT molecular complexity index is 745. The van der Waals surface area contributed by atoms with Gasteiger partial charge in [0.25, 0.3) is 0 Å². The Balaban J connectivity index is 1.91. The molecule has 2 heteroatoms. The maximum Gasteiger partial charge on any atom is 0.110 e. The molecule has 0 amide bonds. The lowest BCUT2D eigenvalue weighted by atomic mass is 9.71. The van der Waals surface area contributed by atoms with Gasteiger partial charge in [-0.15, -0.1) is 0 Å². The third-order valence-corrected chi connectivity index (χ3v) is 7.58. The number of nitrogens with zero attached hydrogens (tertiary/aromatic N) is 2. The number of fused-ring (bicyclic) bond motifs is 3. The average Bonchev–Trinajstić information content (AvgIpc) is 2.98. The lowest BCUT2D eigenvalue weighted by Gasteiger charge is -2.50. The molecule has 1 aromatic carbocycles. The van der Waals surface area contributed by atoms with E-state index in [1.165, 1.54) is 23.1 Å². The van der Waals surface area contributed by atoms with Gasteiger partial charge in [-0.3, -0.25) is 0 Å². The molecule has 2 heterocycles.